The molecule has 20 heavy (non-hydrogen) atoms. The molecule has 0 aliphatic carbocycles. The molecule has 1 aliphatic heterocycles. The Balaban J connectivity index is 2.09. The summed E-state index contributed by atoms with van der Waals surface area (Å²) < 4.78 is 0. The van der Waals surface area contributed by atoms with Gasteiger partial charge in [0.05, 0.1) is 0 Å². The fourth-order valence-electron chi connectivity index (χ4n) is 2.62. The van der Waals surface area contributed by atoms with Crippen LogP contribution in [0.4, 0.5) is 0 Å². The summed E-state index contributed by atoms with van der Waals surface area (Å²) in [6, 6.07) is 0. The van der Waals surface area contributed by atoms with Crippen molar-refractivity contribution in [3.63, 3.8) is 0 Å². The molecule has 0 unspecified atom stereocenters. The molecule has 5 nitrogen and oxygen atoms in total. The average Bonchev–Trinajstić information content (AvgIpc) is 2.49. The van der Waals surface area contributed by atoms with Crippen molar-refractivity contribution in [2.75, 3.05) is 58.9 Å². The third kappa shape index (κ3) is 6.09. The highest BCUT2D eigenvalue weighted by atomic mass is 15.3. The van der Waals surface area contributed by atoms with Crippen LogP contribution in [0.25, 0.3) is 0 Å². The lowest BCUT2D eigenvalue weighted by Gasteiger charge is -2.33. The first-order chi connectivity index (χ1) is 9.71. The summed E-state index contributed by atoms with van der Waals surface area (Å²) in [6.45, 7) is 16.5. The van der Waals surface area contributed by atoms with Crippen molar-refractivity contribution >= 4 is 5.96 Å². The van der Waals surface area contributed by atoms with E-state index in [2.05, 4.69) is 40.5 Å². The van der Waals surface area contributed by atoms with Crippen LogP contribution in [-0.2, 0) is 0 Å². The molecule has 0 atom stereocenters. The Morgan fingerprint density at radius 2 is 1.60 bits per heavy atom. The third-order valence-corrected chi connectivity index (χ3v) is 4.16. The van der Waals surface area contributed by atoms with Gasteiger partial charge >= 0.3 is 0 Å². The molecule has 1 rings (SSSR count). The van der Waals surface area contributed by atoms with Crippen molar-refractivity contribution in [1.29, 1.82) is 0 Å². The number of nitrogens with two attached hydrogens (primary N) is 1. The molecule has 1 heterocycles. The van der Waals surface area contributed by atoms with Crippen molar-refractivity contribution in [2.24, 2.45) is 10.7 Å². The van der Waals surface area contributed by atoms with Crippen LogP contribution >= 0.6 is 0 Å². The first-order valence-corrected chi connectivity index (χ1v) is 8.20. The zero-order valence-corrected chi connectivity index (χ0v) is 13.6. The number of nitrogens with zero attached hydrogens (tertiary/aromatic N) is 4. The topological polar surface area (TPSA) is 48.1 Å². The van der Waals surface area contributed by atoms with Gasteiger partial charge in [0, 0.05) is 45.8 Å². The van der Waals surface area contributed by atoms with Crippen molar-refractivity contribution in [3.8, 4) is 0 Å². The highest BCUT2D eigenvalue weighted by Crippen LogP contribution is 2.03. The molecule has 0 aromatic carbocycles. The number of hydrogen-bond donors (Lipinski definition) is 1. The van der Waals surface area contributed by atoms with Gasteiger partial charge in [-0.15, -0.1) is 0 Å². The standard InChI is InChI=1S/C15H33N5/c1-4-18-11-13-19(14-12-18)10-8-7-9-17-15(16)20(5-2)6-3/h4-14H2,1-3H3,(H2,16,17). The molecule has 0 aromatic rings. The number of likely N-dealkylation sites (N-methyl/N-ethyl adjacent to an activating group) is 1. The maximum absolute atomic E-state index is 5.95. The zero-order valence-electron chi connectivity index (χ0n) is 13.6. The van der Waals surface area contributed by atoms with E-state index < -0.39 is 0 Å². The Hall–Kier alpha value is -0.810. The number of aliphatic imine (C=N–C) groups is 1. The zero-order chi connectivity index (χ0) is 14.8. The lowest BCUT2D eigenvalue weighted by molar-refractivity contribution is 0.136. The normalized spacial score (nSPS) is 18.4. The van der Waals surface area contributed by atoms with Crippen LogP contribution in [0.3, 0.4) is 0 Å². The first kappa shape index (κ1) is 17.2. The van der Waals surface area contributed by atoms with Crippen LogP contribution in [0.1, 0.15) is 33.6 Å². The Bertz CT molecular complexity index is 267. The Kier molecular flexibility index (Phi) is 8.62. The molecule has 0 bridgehead atoms. The SMILES string of the molecule is CCN1CCN(CCCCN=C(N)N(CC)CC)CC1. The Labute approximate surface area is 124 Å². The molecular weight excluding hydrogens is 250 g/mol. The molecule has 2 N–H and O–H groups in total. The van der Waals surface area contributed by atoms with Gasteiger partial charge in [0.1, 0.15) is 0 Å². The highest BCUT2D eigenvalue weighted by Gasteiger charge is 2.14. The number of rotatable bonds is 8. The highest BCUT2D eigenvalue weighted by molar-refractivity contribution is 5.77. The minimum atomic E-state index is 0.701. The van der Waals surface area contributed by atoms with Gasteiger partial charge in [-0.1, -0.05) is 6.92 Å². The smallest absolute Gasteiger partial charge is 0.191 e. The largest absolute Gasteiger partial charge is 0.370 e. The van der Waals surface area contributed by atoms with E-state index in [-0.39, 0.29) is 0 Å². The van der Waals surface area contributed by atoms with E-state index in [1.54, 1.807) is 0 Å². The monoisotopic (exact) mass is 283 g/mol. The summed E-state index contributed by atoms with van der Waals surface area (Å²) in [5, 5.41) is 0. The maximum Gasteiger partial charge on any atom is 0.191 e. The van der Waals surface area contributed by atoms with E-state index in [4.69, 9.17) is 5.73 Å². The maximum atomic E-state index is 5.95. The molecule has 1 saturated heterocycles. The van der Waals surface area contributed by atoms with Gasteiger partial charge in [-0.25, -0.2) is 0 Å². The average molecular weight is 283 g/mol. The fraction of sp³-hybridized carbons (Fsp3) is 0.933. The summed E-state index contributed by atoms with van der Waals surface area (Å²) >= 11 is 0. The molecule has 1 aliphatic rings. The molecule has 1 fully saturated rings. The summed E-state index contributed by atoms with van der Waals surface area (Å²) in [7, 11) is 0. The summed E-state index contributed by atoms with van der Waals surface area (Å²) in [4.78, 5) is 11.7. The summed E-state index contributed by atoms with van der Waals surface area (Å²) in [5.41, 5.74) is 5.95. The molecule has 0 radical (unpaired) electrons. The van der Waals surface area contributed by atoms with Gasteiger partial charge in [-0.05, 0) is 39.8 Å². The molecule has 0 spiro atoms. The van der Waals surface area contributed by atoms with Gasteiger partial charge in [0.2, 0.25) is 0 Å². The summed E-state index contributed by atoms with van der Waals surface area (Å²) in [5.74, 6) is 0.701. The predicted octanol–water partition coefficient (Wildman–Crippen LogP) is 1.06. The van der Waals surface area contributed by atoms with Gasteiger partial charge in [0.25, 0.3) is 0 Å². The lowest BCUT2D eigenvalue weighted by Crippen LogP contribution is -2.46. The second kappa shape index (κ2) is 10.00. The number of unbranched alkanes of at least 4 members (excludes halogenated alkanes) is 1. The minimum Gasteiger partial charge on any atom is -0.370 e. The van der Waals surface area contributed by atoms with E-state index in [1.807, 2.05) is 0 Å². The van der Waals surface area contributed by atoms with Gasteiger partial charge in [-0.3, -0.25) is 4.99 Å². The van der Waals surface area contributed by atoms with Crippen LogP contribution in [0, 0.1) is 0 Å². The first-order valence-electron chi connectivity index (χ1n) is 8.20. The van der Waals surface area contributed by atoms with Crippen LogP contribution in [-0.4, -0.2) is 79.6 Å². The Morgan fingerprint density at radius 1 is 1.00 bits per heavy atom. The minimum absolute atomic E-state index is 0.701. The summed E-state index contributed by atoms with van der Waals surface area (Å²) in [6.07, 6.45) is 2.36. The van der Waals surface area contributed by atoms with E-state index >= 15 is 0 Å². The molecule has 118 valence electrons. The van der Waals surface area contributed by atoms with Gasteiger partial charge < -0.3 is 20.4 Å². The lowest BCUT2D eigenvalue weighted by atomic mass is 10.2. The number of hydrogen-bond acceptors (Lipinski definition) is 3. The van der Waals surface area contributed by atoms with Crippen molar-refractivity contribution in [2.45, 2.75) is 33.6 Å². The quantitative estimate of drug-likeness (QED) is 0.411. The molecule has 0 saturated carbocycles. The molecule has 5 heteroatoms. The van der Waals surface area contributed by atoms with Crippen LogP contribution in [0.2, 0.25) is 0 Å². The van der Waals surface area contributed by atoms with E-state index in [9.17, 15) is 0 Å². The molecule has 0 aromatic heterocycles. The van der Waals surface area contributed by atoms with Crippen LogP contribution in [0.15, 0.2) is 4.99 Å². The molecule has 0 amide bonds. The van der Waals surface area contributed by atoms with Crippen molar-refractivity contribution < 1.29 is 0 Å². The van der Waals surface area contributed by atoms with Crippen molar-refractivity contribution in [3.05, 3.63) is 0 Å². The molecular formula is C15H33N5. The van der Waals surface area contributed by atoms with Crippen LogP contribution in [0.5, 0.6) is 0 Å². The van der Waals surface area contributed by atoms with E-state index in [0.717, 1.165) is 26.1 Å². The van der Waals surface area contributed by atoms with E-state index in [1.165, 1.54) is 45.7 Å². The Morgan fingerprint density at radius 3 is 2.15 bits per heavy atom. The fourth-order valence-corrected chi connectivity index (χ4v) is 2.62. The number of piperazine rings is 1. The second-order valence-electron chi connectivity index (χ2n) is 5.40. The van der Waals surface area contributed by atoms with Gasteiger partial charge in [-0.2, -0.15) is 0 Å². The van der Waals surface area contributed by atoms with Crippen LogP contribution < -0.4 is 5.73 Å². The van der Waals surface area contributed by atoms with E-state index in [0.29, 0.717) is 5.96 Å². The number of guanidine groups is 1. The predicted molar refractivity (Wildman–Crippen MR) is 87.2 cm³/mol. The second-order valence-corrected chi connectivity index (χ2v) is 5.40. The third-order valence-electron chi connectivity index (χ3n) is 4.16. The van der Waals surface area contributed by atoms with Crippen molar-refractivity contribution in [1.82, 2.24) is 14.7 Å². The van der Waals surface area contributed by atoms with Gasteiger partial charge in [0.15, 0.2) is 5.96 Å².